The summed E-state index contributed by atoms with van der Waals surface area (Å²) < 4.78 is 12.6. The molecule has 29 heavy (non-hydrogen) atoms. The number of benzene rings is 2. The largest absolute Gasteiger partial charge is 0.483 e. The molecule has 3 aromatic rings. The number of nitrogens with zero attached hydrogens (tertiary/aromatic N) is 2. The van der Waals surface area contributed by atoms with E-state index in [0.29, 0.717) is 27.2 Å². The predicted octanol–water partition coefficient (Wildman–Crippen LogP) is 4.06. The van der Waals surface area contributed by atoms with E-state index in [0.717, 1.165) is 11.4 Å². The zero-order valence-corrected chi connectivity index (χ0v) is 17.8. The first kappa shape index (κ1) is 20.6. The number of amides is 1. The van der Waals surface area contributed by atoms with E-state index in [2.05, 4.69) is 31.1 Å². The van der Waals surface area contributed by atoms with Crippen LogP contribution in [0.1, 0.15) is 21.7 Å². The zero-order chi connectivity index (χ0) is 21.0. The van der Waals surface area contributed by atoms with Gasteiger partial charge in [-0.05, 0) is 60.1 Å². The number of rotatable bonds is 6. The minimum absolute atomic E-state index is 0.189. The summed E-state index contributed by atoms with van der Waals surface area (Å²) in [6.07, 6.45) is 0. The lowest BCUT2D eigenvalue weighted by Crippen LogP contribution is -2.21. The number of anilines is 1. The van der Waals surface area contributed by atoms with E-state index in [4.69, 9.17) is 4.74 Å². The monoisotopic (exact) mass is 457 g/mol. The SMILES string of the molecule is COC(=O)c1ccc(OCC(=O)Nc2c(C)nn(-c3ccccc3)c2C)c(Br)c1. The highest BCUT2D eigenvalue weighted by Gasteiger charge is 2.16. The molecule has 1 heterocycles. The van der Waals surface area contributed by atoms with Crippen LogP contribution in [0.3, 0.4) is 0 Å². The van der Waals surface area contributed by atoms with E-state index in [1.807, 2.05) is 44.2 Å². The topological polar surface area (TPSA) is 82.4 Å². The van der Waals surface area contributed by atoms with Gasteiger partial charge in [-0.2, -0.15) is 5.10 Å². The van der Waals surface area contributed by atoms with Crippen LogP contribution >= 0.6 is 15.9 Å². The maximum atomic E-state index is 12.4. The molecule has 0 aliphatic heterocycles. The van der Waals surface area contributed by atoms with E-state index in [9.17, 15) is 9.59 Å². The van der Waals surface area contributed by atoms with Crippen LogP contribution in [0.15, 0.2) is 53.0 Å². The van der Waals surface area contributed by atoms with Crippen LogP contribution < -0.4 is 10.1 Å². The molecule has 1 N–H and O–H groups in total. The Bertz CT molecular complexity index is 1050. The van der Waals surface area contributed by atoms with Crippen LogP contribution in [0.4, 0.5) is 5.69 Å². The smallest absolute Gasteiger partial charge is 0.337 e. The maximum Gasteiger partial charge on any atom is 0.337 e. The average molecular weight is 458 g/mol. The number of hydrogen-bond donors (Lipinski definition) is 1. The molecule has 3 rings (SSSR count). The first-order valence-electron chi connectivity index (χ1n) is 8.83. The van der Waals surface area contributed by atoms with Crippen molar-refractivity contribution in [3.8, 4) is 11.4 Å². The van der Waals surface area contributed by atoms with E-state index in [-0.39, 0.29) is 12.5 Å². The van der Waals surface area contributed by atoms with Gasteiger partial charge in [0.05, 0.1) is 39.9 Å². The normalized spacial score (nSPS) is 10.5. The van der Waals surface area contributed by atoms with E-state index >= 15 is 0 Å². The van der Waals surface area contributed by atoms with Crippen LogP contribution in [-0.4, -0.2) is 35.4 Å². The molecule has 0 atom stereocenters. The highest BCUT2D eigenvalue weighted by molar-refractivity contribution is 9.10. The number of aromatic nitrogens is 2. The van der Waals surface area contributed by atoms with Crippen molar-refractivity contribution < 1.29 is 19.1 Å². The molecule has 0 fully saturated rings. The third kappa shape index (κ3) is 4.65. The number of carbonyl (C=O) groups is 2. The molecule has 0 saturated carbocycles. The van der Waals surface area contributed by atoms with E-state index in [1.165, 1.54) is 7.11 Å². The van der Waals surface area contributed by atoms with Gasteiger partial charge in [0.2, 0.25) is 0 Å². The van der Waals surface area contributed by atoms with Crippen molar-refractivity contribution >= 4 is 33.5 Å². The van der Waals surface area contributed by atoms with E-state index < -0.39 is 5.97 Å². The molecular weight excluding hydrogens is 438 g/mol. The minimum atomic E-state index is -0.448. The van der Waals surface area contributed by atoms with Gasteiger partial charge >= 0.3 is 5.97 Å². The third-order valence-electron chi connectivity index (χ3n) is 4.27. The Morgan fingerprint density at radius 2 is 1.86 bits per heavy atom. The molecule has 0 unspecified atom stereocenters. The molecule has 1 aromatic heterocycles. The van der Waals surface area contributed by atoms with Gasteiger partial charge in [-0.3, -0.25) is 4.79 Å². The zero-order valence-electron chi connectivity index (χ0n) is 16.2. The van der Waals surface area contributed by atoms with Crippen LogP contribution in [0.5, 0.6) is 5.75 Å². The van der Waals surface area contributed by atoms with Crippen molar-refractivity contribution in [2.45, 2.75) is 13.8 Å². The van der Waals surface area contributed by atoms with Gasteiger partial charge < -0.3 is 14.8 Å². The average Bonchev–Trinajstić information content (AvgIpc) is 3.01. The van der Waals surface area contributed by atoms with Gasteiger partial charge in [-0.1, -0.05) is 18.2 Å². The maximum absolute atomic E-state index is 12.4. The minimum Gasteiger partial charge on any atom is -0.483 e. The van der Waals surface area contributed by atoms with Gasteiger partial charge in [-0.25, -0.2) is 9.48 Å². The van der Waals surface area contributed by atoms with E-state index in [1.54, 1.807) is 22.9 Å². The highest BCUT2D eigenvalue weighted by atomic mass is 79.9. The van der Waals surface area contributed by atoms with Crippen LogP contribution in [0.2, 0.25) is 0 Å². The van der Waals surface area contributed by atoms with Crippen LogP contribution in [-0.2, 0) is 9.53 Å². The van der Waals surface area contributed by atoms with Crippen molar-refractivity contribution in [3.63, 3.8) is 0 Å². The van der Waals surface area contributed by atoms with Gasteiger partial charge in [-0.15, -0.1) is 0 Å². The number of esters is 1. The molecular formula is C21H20BrN3O4. The van der Waals surface area contributed by atoms with Crippen molar-refractivity contribution in [1.29, 1.82) is 0 Å². The quantitative estimate of drug-likeness (QED) is 0.564. The summed E-state index contributed by atoms with van der Waals surface area (Å²) in [5.74, 6) is -0.314. The summed E-state index contributed by atoms with van der Waals surface area (Å²) in [7, 11) is 1.31. The van der Waals surface area contributed by atoms with Crippen LogP contribution in [0.25, 0.3) is 5.69 Å². The van der Waals surface area contributed by atoms with Crippen molar-refractivity contribution in [3.05, 3.63) is 70.0 Å². The lowest BCUT2D eigenvalue weighted by Gasteiger charge is -2.10. The molecule has 7 nitrogen and oxygen atoms in total. The summed E-state index contributed by atoms with van der Waals surface area (Å²) in [4.78, 5) is 24.0. The fraction of sp³-hybridized carbons (Fsp3) is 0.190. The number of halogens is 1. The Morgan fingerprint density at radius 1 is 1.14 bits per heavy atom. The lowest BCUT2D eigenvalue weighted by molar-refractivity contribution is -0.118. The standard InChI is InChI=1S/C21H20BrN3O4/c1-13-20(14(2)25(24-13)16-7-5-4-6-8-16)23-19(26)12-29-18-10-9-15(11-17(18)22)21(27)28-3/h4-11H,12H2,1-3H3,(H,23,26). The molecule has 2 aromatic carbocycles. The Balaban J connectivity index is 1.68. The van der Waals surface area contributed by atoms with Crippen molar-refractivity contribution in [1.82, 2.24) is 9.78 Å². The summed E-state index contributed by atoms with van der Waals surface area (Å²) in [6, 6.07) is 14.5. The number of carbonyl (C=O) groups excluding carboxylic acids is 2. The summed E-state index contributed by atoms with van der Waals surface area (Å²) in [5.41, 5.74) is 3.49. The number of ether oxygens (including phenoxy) is 2. The summed E-state index contributed by atoms with van der Waals surface area (Å²) in [6.45, 7) is 3.54. The third-order valence-corrected chi connectivity index (χ3v) is 4.89. The van der Waals surface area contributed by atoms with Crippen molar-refractivity contribution in [2.75, 3.05) is 19.0 Å². The molecule has 1 amide bonds. The Hall–Kier alpha value is -3.13. The van der Waals surface area contributed by atoms with Crippen LogP contribution in [0, 0.1) is 13.8 Å². The summed E-state index contributed by atoms with van der Waals surface area (Å²) >= 11 is 3.34. The number of para-hydroxylation sites is 1. The van der Waals surface area contributed by atoms with Gasteiger partial charge in [0, 0.05) is 0 Å². The molecule has 0 aliphatic carbocycles. The highest BCUT2D eigenvalue weighted by Crippen LogP contribution is 2.27. The Kier molecular flexibility index (Phi) is 6.33. The molecule has 150 valence electrons. The molecule has 0 bridgehead atoms. The second-order valence-corrected chi connectivity index (χ2v) is 7.12. The summed E-state index contributed by atoms with van der Waals surface area (Å²) in [5, 5.41) is 7.37. The van der Waals surface area contributed by atoms with Crippen molar-refractivity contribution in [2.24, 2.45) is 0 Å². The number of nitrogens with one attached hydrogen (secondary N) is 1. The first-order chi connectivity index (χ1) is 13.9. The molecule has 8 heteroatoms. The van der Waals surface area contributed by atoms with Gasteiger partial charge in [0.1, 0.15) is 5.75 Å². The predicted molar refractivity (Wildman–Crippen MR) is 113 cm³/mol. The Labute approximate surface area is 176 Å². The second-order valence-electron chi connectivity index (χ2n) is 6.27. The first-order valence-corrected chi connectivity index (χ1v) is 9.62. The Morgan fingerprint density at radius 3 is 2.52 bits per heavy atom. The number of aryl methyl sites for hydroxylation is 1. The molecule has 0 radical (unpaired) electrons. The van der Waals surface area contributed by atoms with Gasteiger partial charge in [0.15, 0.2) is 6.61 Å². The molecule has 0 spiro atoms. The number of hydrogen-bond acceptors (Lipinski definition) is 5. The second kappa shape index (κ2) is 8.91. The van der Waals surface area contributed by atoms with Gasteiger partial charge in [0.25, 0.3) is 5.91 Å². The number of methoxy groups -OCH3 is 1. The molecule has 0 saturated heterocycles. The lowest BCUT2D eigenvalue weighted by atomic mass is 10.2. The molecule has 0 aliphatic rings. The fourth-order valence-corrected chi connectivity index (χ4v) is 3.32. The fourth-order valence-electron chi connectivity index (χ4n) is 2.83.